The van der Waals surface area contributed by atoms with Crippen LogP contribution in [0.2, 0.25) is 0 Å². The van der Waals surface area contributed by atoms with Crippen molar-refractivity contribution in [2.75, 3.05) is 0 Å². The lowest BCUT2D eigenvalue weighted by Crippen LogP contribution is -2.02. The minimum Gasteiger partial charge on any atom is -0.504 e. The van der Waals surface area contributed by atoms with Gasteiger partial charge in [0.05, 0.1) is 5.52 Å². The molecule has 0 amide bonds. The number of fused-ring (bicyclic) bond motifs is 1. The predicted octanol–water partition coefficient (Wildman–Crippen LogP) is 2.54. The van der Waals surface area contributed by atoms with Gasteiger partial charge in [-0.2, -0.15) is 8.78 Å². The van der Waals surface area contributed by atoms with E-state index in [0.29, 0.717) is 10.9 Å². The number of hydrogen-bond donors (Lipinski definition) is 1. The van der Waals surface area contributed by atoms with Gasteiger partial charge < -0.3 is 9.84 Å². The Balaban J connectivity index is 2.52. The van der Waals surface area contributed by atoms with Crippen LogP contribution in [0.3, 0.4) is 0 Å². The summed E-state index contributed by atoms with van der Waals surface area (Å²) in [6.45, 7) is -2.95. The molecule has 0 aliphatic carbocycles. The molecule has 0 unspecified atom stereocenters. The molecule has 1 N–H and O–H groups in total. The van der Waals surface area contributed by atoms with Gasteiger partial charge in [-0.3, -0.25) is 4.98 Å². The molecule has 0 aliphatic rings. The van der Waals surface area contributed by atoms with Gasteiger partial charge in [0, 0.05) is 17.6 Å². The van der Waals surface area contributed by atoms with Crippen LogP contribution in [0, 0.1) is 0 Å². The Morgan fingerprint density at radius 2 is 2.13 bits per heavy atom. The van der Waals surface area contributed by atoms with Crippen LogP contribution in [0.15, 0.2) is 30.5 Å². The maximum absolute atomic E-state index is 12.0. The van der Waals surface area contributed by atoms with Crippen LogP contribution in [-0.2, 0) is 0 Å². The average Bonchev–Trinajstić information content (AvgIpc) is 2.18. The molecule has 2 aromatic rings. The third kappa shape index (κ3) is 1.96. The molecule has 5 heteroatoms. The van der Waals surface area contributed by atoms with Crippen molar-refractivity contribution >= 4 is 10.9 Å². The fourth-order valence-electron chi connectivity index (χ4n) is 1.28. The number of rotatable bonds is 2. The van der Waals surface area contributed by atoms with Crippen molar-refractivity contribution in [2.24, 2.45) is 0 Å². The molecule has 0 saturated carbocycles. The molecule has 0 bridgehead atoms. The van der Waals surface area contributed by atoms with Gasteiger partial charge in [0.25, 0.3) is 0 Å². The Morgan fingerprint density at radius 3 is 2.87 bits per heavy atom. The van der Waals surface area contributed by atoms with Gasteiger partial charge >= 0.3 is 6.61 Å². The quantitative estimate of drug-likeness (QED) is 0.829. The fraction of sp³-hybridized carbons (Fsp3) is 0.100. The van der Waals surface area contributed by atoms with Gasteiger partial charge in [-0.1, -0.05) is 6.07 Å². The highest BCUT2D eigenvalue weighted by atomic mass is 19.3. The Bertz CT molecular complexity index is 488. The summed E-state index contributed by atoms with van der Waals surface area (Å²) < 4.78 is 28.0. The molecule has 0 radical (unpaired) electrons. The molecule has 0 saturated heterocycles. The summed E-state index contributed by atoms with van der Waals surface area (Å²) in [5.41, 5.74) is 0.525. The molecule has 1 aromatic heterocycles. The van der Waals surface area contributed by atoms with Gasteiger partial charge in [-0.25, -0.2) is 0 Å². The minimum absolute atomic E-state index is 0.245. The van der Waals surface area contributed by atoms with Crippen molar-refractivity contribution in [3.05, 3.63) is 30.5 Å². The third-order valence-corrected chi connectivity index (χ3v) is 1.90. The number of halogens is 2. The van der Waals surface area contributed by atoms with E-state index in [-0.39, 0.29) is 11.5 Å². The second-order valence-corrected chi connectivity index (χ2v) is 2.89. The first-order chi connectivity index (χ1) is 7.16. The summed E-state index contributed by atoms with van der Waals surface area (Å²) in [5.74, 6) is -0.591. The van der Waals surface area contributed by atoms with Gasteiger partial charge in [0.1, 0.15) is 0 Å². The van der Waals surface area contributed by atoms with Crippen molar-refractivity contribution in [2.45, 2.75) is 6.61 Å². The molecule has 2 rings (SSSR count). The molecular formula is C10H7F2NO2. The Labute approximate surface area is 83.9 Å². The summed E-state index contributed by atoms with van der Waals surface area (Å²) in [5, 5.41) is 9.99. The number of alkyl halides is 2. The first kappa shape index (κ1) is 9.64. The second-order valence-electron chi connectivity index (χ2n) is 2.89. The van der Waals surface area contributed by atoms with E-state index in [2.05, 4.69) is 9.72 Å². The van der Waals surface area contributed by atoms with E-state index in [1.807, 2.05) is 0 Å². The van der Waals surface area contributed by atoms with E-state index in [1.54, 1.807) is 18.3 Å². The predicted molar refractivity (Wildman–Crippen MR) is 50.0 cm³/mol. The first-order valence-corrected chi connectivity index (χ1v) is 4.19. The summed E-state index contributed by atoms with van der Waals surface area (Å²) in [4.78, 5) is 3.96. The van der Waals surface area contributed by atoms with Crippen LogP contribution in [-0.4, -0.2) is 16.7 Å². The molecular weight excluding hydrogens is 204 g/mol. The monoisotopic (exact) mass is 211 g/mol. The van der Waals surface area contributed by atoms with Crippen molar-refractivity contribution in [3.8, 4) is 11.5 Å². The molecule has 15 heavy (non-hydrogen) atoms. The Morgan fingerprint density at radius 1 is 1.33 bits per heavy atom. The number of hydrogen-bond acceptors (Lipinski definition) is 3. The minimum atomic E-state index is -2.95. The number of aromatic hydroxyl groups is 1. The number of phenolic OH excluding ortho intramolecular Hbond substituents is 1. The van der Waals surface area contributed by atoms with Crippen molar-refractivity contribution < 1.29 is 18.6 Å². The Hall–Kier alpha value is -1.91. The van der Waals surface area contributed by atoms with Crippen LogP contribution in [0.25, 0.3) is 10.9 Å². The van der Waals surface area contributed by atoms with Crippen LogP contribution in [0.5, 0.6) is 11.5 Å². The molecule has 0 fully saturated rings. The number of nitrogens with zero attached hydrogens (tertiary/aromatic N) is 1. The van der Waals surface area contributed by atoms with Crippen LogP contribution >= 0.6 is 0 Å². The third-order valence-electron chi connectivity index (χ3n) is 1.90. The van der Waals surface area contributed by atoms with Crippen molar-refractivity contribution in [1.82, 2.24) is 4.98 Å². The van der Waals surface area contributed by atoms with Gasteiger partial charge in [-0.05, 0) is 12.1 Å². The molecule has 0 aliphatic heterocycles. The summed E-state index contributed by atoms with van der Waals surface area (Å²) in [7, 11) is 0. The average molecular weight is 211 g/mol. The highest BCUT2D eigenvalue weighted by Crippen LogP contribution is 2.31. The number of ether oxygens (including phenoxy) is 1. The molecule has 1 heterocycles. The normalized spacial score (nSPS) is 10.9. The number of aromatic nitrogens is 1. The highest BCUT2D eigenvalue weighted by Gasteiger charge is 2.10. The second kappa shape index (κ2) is 3.68. The van der Waals surface area contributed by atoms with Gasteiger partial charge in [0.2, 0.25) is 0 Å². The lowest BCUT2D eigenvalue weighted by molar-refractivity contribution is -0.0511. The van der Waals surface area contributed by atoms with Crippen molar-refractivity contribution in [3.63, 3.8) is 0 Å². The standard InChI is InChI=1S/C10H7F2NO2/c11-10(12)15-9-4-6-2-1-3-13-7(6)5-8(9)14/h1-5,10,14H. The number of phenols is 1. The van der Waals surface area contributed by atoms with E-state index < -0.39 is 6.61 Å². The molecule has 1 aromatic carbocycles. The van der Waals surface area contributed by atoms with Crippen molar-refractivity contribution in [1.29, 1.82) is 0 Å². The largest absolute Gasteiger partial charge is 0.504 e. The maximum Gasteiger partial charge on any atom is 0.387 e. The molecule has 78 valence electrons. The summed E-state index contributed by atoms with van der Waals surface area (Å²) >= 11 is 0. The zero-order valence-electron chi connectivity index (χ0n) is 7.52. The van der Waals surface area contributed by atoms with Gasteiger partial charge in [0.15, 0.2) is 11.5 Å². The highest BCUT2D eigenvalue weighted by molar-refractivity contribution is 5.82. The van der Waals surface area contributed by atoms with E-state index in [0.717, 1.165) is 0 Å². The smallest absolute Gasteiger partial charge is 0.387 e. The molecule has 0 spiro atoms. The van der Waals surface area contributed by atoms with E-state index in [9.17, 15) is 13.9 Å². The summed E-state index contributed by atoms with van der Waals surface area (Å²) in [6, 6.07) is 5.97. The topological polar surface area (TPSA) is 42.4 Å². The maximum atomic E-state index is 12.0. The zero-order valence-corrected chi connectivity index (χ0v) is 7.52. The molecule has 0 atom stereocenters. The SMILES string of the molecule is Oc1cc2ncccc2cc1OC(F)F. The van der Waals surface area contributed by atoms with E-state index in [4.69, 9.17) is 0 Å². The van der Waals surface area contributed by atoms with Crippen LogP contribution < -0.4 is 4.74 Å². The summed E-state index contributed by atoms with van der Waals surface area (Å²) in [6.07, 6.45) is 1.55. The lowest BCUT2D eigenvalue weighted by atomic mass is 10.2. The zero-order chi connectivity index (χ0) is 10.8. The van der Waals surface area contributed by atoms with Crippen LogP contribution in [0.1, 0.15) is 0 Å². The van der Waals surface area contributed by atoms with E-state index in [1.165, 1.54) is 12.1 Å². The Kier molecular flexibility index (Phi) is 2.37. The van der Waals surface area contributed by atoms with Crippen LogP contribution in [0.4, 0.5) is 8.78 Å². The van der Waals surface area contributed by atoms with Gasteiger partial charge in [-0.15, -0.1) is 0 Å². The number of pyridine rings is 1. The number of benzene rings is 1. The lowest BCUT2D eigenvalue weighted by Gasteiger charge is -2.07. The fourth-order valence-corrected chi connectivity index (χ4v) is 1.28. The van der Waals surface area contributed by atoms with E-state index >= 15 is 0 Å². The first-order valence-electron chi connectivity index (χ1n) is 4.19. The molecule has 3 nitrogen and oxygen atoms in total.